The second-order valence-electron chi connectivity index (χ2n) is 2.16. The zero-order chi connectivity index (χ0) is 7.61. The minimum atomic E-state index is -1.40. The van der Waals surface area contributed by atoms with E-state index in [1.165, 1.54) is 0 Å². The molecule has 0 N–H and O–H groups in total. The van der Waals surface area contributed by atoms with Gasteiger partial charge in [-0.3, -0.25) is 0 Å². The molecule has 0 aromatic heterocycles. The van der Waals surface area contributed by atoms with Crippen molar-refractivity contribution < 1.29 is 4.39 Å². The fraction of sp³-hybridized carbons (Fsp3) is 0.429. The molecule has 0 fully saturated rings. The van der Waals surface area contributed by atoms with Crippen LogP contribution in [0.25, 0.3) is 0 Å². The highest BCUT2D eigenvalue weighted by Crippen LogP contribution is 2.36. The van der Waals surface area contributed by atoms with E-state index in [1.54, 1.807) is 12.2 Å². The maximum Gasteiger partial charge on any atom is 0.191 e. The predicted molar refractivity (Wildman–Crippen MR) is 45.3 cm³/mol. The summed E-state index contributed by atoms with van der Waals surface area (Å²) in [5, 5.41) is 0. The summed E-state index contributed by atoms with van der Waals surface area (Å²) in [4.78, 5) is 0. The number of hydrogen-bond donors (Lipinski definition) is 0. The minimum absolute atomic E-state index is 0.242. The number of halogens is 3. The summed E-state index contributed by atoms with van der Waals surface area (Å²) < 4.78 is 11.8. The van der Waals surface area contributed by atoms with Gasteiger partial charge in [0.25, 0.3) is 0 Å². The lowest BCUT2D eigenvalue weighted by atomic mass is 10.1. The molecule has 0 amide bonds. The summed E-state index contributed by atoms with van der Waals surface area (Å²) in [6.45, 7) is 0. The van der Waals surface area contributed by atoms with E-state index >= 15 is 0 Å². The van der Waals surface area contributed by atoms with E-state index in [0.717, 1.165) is 0 Å². The van der Waals surface area contributed by atoms with Gasteiger partial charge < -0.3 is 0 Å². The van der Waals surface area contributed by atoms with E-state index in [2.05, 4.69) is 15.9 Å². The molecule has 0 heterocycles. The van der Waals surface area contributed by atoms with Crippen LogP contribution >= 0.6 is 27.5 Å². The predicted octanol–water partition coefficient (Wildman–Crippen LogP) is 3.17. The summed E-state index contributed by atoms with van der Waals surface area (Å²) in [5.41, 5.74) is 0.594. The Kier molecular flexibility index (Phi) is 2.53. The van der Waals surface area contributed by atoms with Crippen molar-refractivity contribution in [2.75, 3.05) is 5.88 Å². The van der Waals surface area contributed by atoms with Gasteiger partial charge in [-0.2, -0.15) is 0 Å². The summed E-state index contributed by atoms with van der Waals surface area (Å²) in [7, 11) is 0. The normalized spacial score (nSPS) is 32.1. The molecule has 1 aliphatic rings. The molecular formula is C7H7BrClF. The van der Waals surface area contributed by atoms with Gasteiger partial charge >= 0.3 is 0 Å². The van der Waals surface area contributed by atoms with Crippen LogP contribution in [0.4, 0.5) is 4.39 Å². The second-order valence-corrected chi connectivity index (χ2v) is 3.69. The Bertz CT molecular complexity index is 184. The van der Waals surface area contributed by atoms with Crippen molar-refractivity contribution in [3.63, 3.8) is 0 Å². The molecule has 0 saturated carbocycles. The Labute approximate surface area is 72.9 Å². The fourth-order valence-electron chi connectivity index (χ4n) is 0.796. The average Bonchev–Trinajstić information content (AvgIpc) is 1.87. The van der Waals surface area contributed by atoms with Crippen molar-refractivity contribution in [3.05, 3.63) is 23.8 Å². The van der Waals surface area contributed by atoms with Crippen LogP contribution in [-0.2, 0) is 0 Å². The summed E-state index contributed by atoms with van der Waals surface area (Å²) in [6.07, 6.45) is 5.65. The first kappa shape index (κ1) is 8.28. The molecule has 1 unspecified atom stereocenters. The van der Waals surface area contributed by atoms with Gasteiger partial charge in [-0.05, 0) is 21.5 Å². The molecule has 0 nitrogen and oxygen atoms in total. The number of allylic oxidation sites excluding steroid dienone is 4. The second kappa shape index (κ2) is 3.05. The summed E-state index contributed by atoms with van der Waals surface area (Å²) in [6, 6.07) is 0. The molecule has 0 saturated heterocycles. The van der Waals surface area contributed by atoms with E-state index in [0.29, 0.717) is 12.0 Å². The fourth-order valence-corrected chi connectivity index (χ4v) is 1.72. The first-order chi connectivity index (χ1) is 4.67. The van der Waals surface area contributed by atoms with Gasteiger partial charge in [-0.15, -0.1) is 11.6 Å². The number of alkyl halides is 3. The third kappa shape index (κ3) is 1.61. The maximum atomic E-state index is 13.2. The average molecular weight is 225 g/mol. The van der Waals surface area contributed by atoms with Crippen LogP contribution < -0.4 is 0 Å². The number of rotatable bonds is 1. The minimum Gasteiger partial charge on any atom is -0.226 e. The van der Waals surface area contributed by atoms with Gasteiger partial charge in [-0.1, -0.05) is 18.2 Å². The van der Waals surface area contributed by atoms with Crippen LogP contribution in [0, 0.1) is 0 Å². The van der Waals surface area contributed by atoms with Crippen molar-refractivity contribution in [2.24, 2.45) is 0 Å². The van der Waals surface area contributed by atoms with Gasteiger partial charge in [0.15, 0.2) is 4.58 Å². The van der Waals surface area contributed by atoms with Crippen LogP contribution in [0.15, 0.2) is 23.8 Å². The van der Waals surface area contributed by atoms with Crippen LogP contribution in [0.5, 0.6) is 0 Å². The van der Waals surface area contributed by atoms with Crippen molar-refractivity contribution in [1.29, 1.82) is 0 Å². The van der Waals surface area contributed by atoms with E-state index < -0.39 is 4.58 Å². The van der Waals surface area contributed by atoms with Crippen LogP contribution in [-0.4, -0.2) is 10.5 Å². The van der Waals surface area contributed by atoms with Gasteiger partial charge in [0, 0.05) is 12.3 Å². The Morgan fingerprint density at radius 3 is 2.90 bits per heavy atom. The summed E-state index contributed by atoms with van der Waals surface area (Å²) >= 11 is 8.44. The third-order valence-electron chi connectivity index (χ3n) is 1.42. The van der Waals surface area contributed by atoms with Crippen LogP contribution in [0.1, 0.15) is 6.42 Å². The molecule has 0 spiro atoms. The molecule has 10 heavy (non-hydrogen) atoms. The lowest BCUT2D eigenvalue weighted by Crippen LogP contribution is -2.18. The lowest BCUT2D eigenvalue weighted by molar-refractivity contribution is 0.349. The zero-order valence-electron chi connectivity index (χ0n) is 5.28. The van der Waals surface area contributed by atoms with Crippen molar-refractivity contribution >= 4 is 27.5 Å². The van der Waals surface area contributed by atoms with Gasteiger partial charge in [0.1, 0.15) is 0 Å². The van der Waals surface area contributed by atoms with Gasteiger partial charge in [0.2, 0.25) is 0 Å². The summed E-state index contributed by atoms with van der Waals surface area (Å²) in [5.74, 6) is 0.242. The van der Waals surface area contributed by atoms with E-state index in [-0.39, 0.29) is 5.88 Å². The largest absolute Gasteiger partial charge is 0.226 e. The van der Waals surface area contributed by atoms with E-state index in [4.69, 9.17) is 11.6 Å². The quantitative estimate of drug-likeness (QED) is 0.601. The molecule has 0 aliphatic heterocycles. The van der Waals surface area contributed by atoms with Crippen molar-refractivity contribution in [2.45, 2.75) is 11.0 Å². The Hall–Kier alpha value is 0.180. The number of hydrogen-bond acceptors (Lipinski definition) is 0. The Morgan fingerprint density at radius 2 is 2.50 bits per heavy atom. The first-order valence-electron chi connectivity index (χ1n) is 2.97. The van der Waals surface area contributed by atoms with E-state index in [9.17, 15) is 4.39 Å². The Balaban J connectivity index is 2.81. The van der Waals surface area contributed by atoms with Crippen LogP contribution in [0.2, 0.25) is 0 Å². The molecule has 56 valence electrons. The van der Waals surface area contributed by atoms with E-state index in [1.807, 2.05) is 6.08 Å². The molecule has 3 heteroatoms. The van der Waals surface area contributed by atoms with Gasteiger partial charge in [0.05, 0.1) is 0 Å². The standard InChI is InChI=1S/C7H7BrClF/c8-7(10)4-2-1-3-6(7)5-9/h1-3H,4-5H2. The molecule has 0 radical (unpaired) electrons. The lowest BCUT2D eigenvalue weighted by Gasteiger charge is -2.20. The molecule has 1 aliphatic carbocycles. The molecular weight excluding hydrogens is 218 g/mol. The topological polar surface area (TPSA) is 0 Å². The molecule has 0 bridgehead atoms. The highest BCUT2D eigenvalue weighted by Gasteiger charge is 2.29. The van der Waals surface area contributed by atoms with Crippen LogP contribution in [0.3, 0.4) is 0 Å². The SMILES string of the molecule is FC1(Br)CC=CC=C1CCl. The van der Waals surface area contributed by atoms with Gasteiger partial charge in [-0.25, -0.2) is 4.39 Å². The Morgan fingerprint density at radius 1 is 1.80 bits per heavy atom. The molecule has 1 atom stereocenters. The molecule has 0 aromatic carbocycles. The highest BCUT2D eigenvalue weighted by molar-refractivity contribution is 9.10. The van der Waals surface area contributed by atoms with Crippen molar-refractivity contribution in [1.82, 2.24) is 0 Å². The monoisotopic (exact) mass is 224 g/mol. The maximum absolute atomic E-state index is 13.2. The third-order valence-corrected chi connectivity index (χ3v) is 2.54. The molecule has 1 rings (SSSR count). The zero-order valence-corrected chi connectivity index (χ0v) is 7.62. The first-order valence-corrected chi connectivity index (χ1v) is 4.29. The van der Waals surface area contributed by atoms with Crippen molar-refractivity contribution in [3.8, 4) is 0 Å². The smallest absolute Gasteiger partial charge is 0.191 e. The molecule has 0 aromatic rings. The highest BCUT2D eigenvalue weighted by atomic mass is 79.9.